The normalized spacial score (nSPS) is 18.2. The number of carbonyl (C=O) groups is 1. The number of nitrogens with one attached hydrogen (secondary N) is 2. The molecule has 0 unspecified atom stereocenters. The predicted molar refractivity (Wildman–Crippen MR) is 98.8 cm³/mol. The Morgan fingerprint density at radius 2 is 2.00 bits per heavy atom. The zero-order valence-corrected chi connectivity index (χ0v) is 15.2. The summed E-state index contributed by atoms with van der Waals surface area (Å²) in [5, 5.41) is 0. The van der Waals surface area contributed by atoms with E-state index in [1.807, 2.05) is 18.2 Å². The number of amides is 1. The molecule has 0 aromatic heterocycles. The van der Waals surface area contributed by atoms with Gasteiger partial charge in [-0.05, 0) is 36.2 Å². The molecule has 2 rings (SSSR count). The van der Waals surface area contributed by atoms with Crippen LogP contribution in [0.1, 0.15) is 45.6 Å². The molecule has 4 heteroatoms. The Balaban J connectivity index is 1.64. The first-order valence-electron chi connectivity index (χ1n) is 8.30. The van der Waals surface area contributed by atoms with Crippen molar-refractivity contribution in [3.63, 3.8) is 0 Å². The van der Waals surface area contributed by atoms with Crippen LogP contribution >= 0.6 is 11.8 Å². The molecule has 0 saturated carbocycles. The van der Waals surface area contributed by atoms with Gasteiger partial charge in [-0.2, -0.15) is 0 Å². The average Bonchev–Trinajstić information content (AvgIpc) is 2.53. The molecule has 1 amide bonds. The van der Waals surface area contributed by atoms with Gasteiger partial charge in [0.15, 0.2) is 0 Å². The van der Waals surface area contributed by atoms with Gasteiger partial charge < -0.3 is 5.43 Å². The van der Waals surface area contributed by atoms with Crippen LogP contribution in [0.25, 0.3) is 0 Å². The predicted octanol–water partition coefficient (Wildman–Crippen LogP) is 4.27. The van der Waals surface area contributed by atoms with E-state index in [0.717, 1.165) is 30.2 Å². The molecule has 1 aliphatic carbocycles. The van der Waals surface area contributed by atoms with E-state index in [1.165, 1.54) is 12.0 Å². The number of rotatable bonds is 6. The summed E-state index contributed by atoms with van der Waals surface area (Å²) in [6, 6.07) is 10.2. The van der Waals surface area contributed by atoms with E-state index in [-0.39, 0.29) is 5.91 Å². The SMILES string of the molecule is CC(C)(C)[C@@H]1CC=C(NNC(=O)CSCc2ccccc2)CC1. The van der Waals surface area contributed by atoms with E-state index in [1.54, 1.807) is 11.8 Å². The average molecular weight is 333 g/mol. The number of hydrogen-bond acceptors (Lipinski definition) is 3. The van der Waals surface area contributed by atoms with Crippen molar-refractivity contribution in [3.05, 3.63) is 47.7 Å². The van der Waals surface area contributed by atoms with Gasteiger partial charge >= 0.3 is 0 Å². The van der Waals surface area contributed by atoms with Crippen molar-refractivity contribution in [2.45, 2.75) is 45.8 Å². The van der Waals surface area contributed by atoms with Gasteiger partial charge in [0.1, 0.15) is 0 Å². The zero-order chi connectivity index (χ0) is 16.7. The zero-order valence-electron chi connectivity index (χ0n) is 14.4. The van der Waals surface area contributed by atoms with E-state index in [4.69, 9.17) is 0 Å². The smallest absolute Gasteiger partial charge is 0.248 e. The monoisotopic (exact) mass is 332 g/mol. The van der Waals surface area contributed by atoms with E-state index < -0.39 is 0 Å². The maximum atomic E-state index is 11.9. The Kier molecular flexibility index (Phi) is 6.58. The molecule has 126 valence electrons. The van der Waals surface area contributed by atoms with Crippen LogP contribution in [0.5, 0.6) is 0 Å². The van der Waals surface area contributed by atoms with Gasteiger partial charge in [-0.15, -0.1) is 11.8 Å². The molecule has 0 spiro atoms. The third-order valence-electron chi connectivity index (χ3n) is 4.34. The van der Waals surface area contributed by atoms with Crippen LogP contribution in [0.15, 0.2) is 42.1 Å². The second-order valence-corrected chi connectivity index (χ2v) is 8.20. The second-order valence-electron chi connectivity index (χ2n) is 7.22. The van der Waals surface area contributed by atoms with Gasteiger partial charge in [-0.25, -0.2) is 0 Å². The maximum Gasteiger partial charge on any atom is 0.248 e. The standard InChI is InChI=1S/C19H28N2OS/c1-19(2,3)16-9-11-17(12-10-16)20-21-18(22)14-23-13-15-7-5-4-6-8-15/h4-8,11,16,20H,9-10,12-14H2,1-3H3,(H,21,22)/t16-/m1/s1. The summed E-state index contributed by atoms with van der Waals surface area (Å²) in [6.07, 6.45) is 5.52. The fourth-order valence-corrected chi connectivity index (χ4v) is 3.54. The fraction of sp³-hybridized carbons (Fsp3) is 0.526. The molecule has 0 fully saturated rings. The quantitative estimate of drug-likeness (QED) is 0.764. The Bertz CT molecular complexity index is 534. The maximum absolute atomic E-state index is 11.9. The highest BCUT2D eigenvalue weighted by molar-refractivity contribution is 7.99. The second kappa shape index (κ2) is 8.44. The molecule has 3 nitrogen and oxygen atoms in total. The number of thioether (sulfide) groups is 1. The third kappa shape index (κ3) is 6.30. The number of allylic oxidation sites excluding steroid dienone is 2. The van der Waals surface area contributed by atoms with Crippen molar-refractivity contribution in [2.75, 3.05) is 5.75 Å². The highest BCUT2D eigenvalue weighted by Crippen LogP contribution is 2.36. The van der Waals surface area contributed by atoms with Gasteiger partial charge in [0.05, 0.1) is 5.75 Å². The van der Waals surface area contributed by atoms with E-state index in [2.05, 4.69) is 49.8 Å². The molecule has 1 aromatic carbocycles. The molecule has 0 bridgehead atoms. The lowest BCUT2D eigenvalue weighted by Crippen LogP contribution is -2.39. The number of benzene rings is 1. The summed E-state index contributed by atoms with van der Waals surface area (Å²) < 4.78 is 0. The van der Waals surface area contributed by atoms with Crippen LogP contribution in [0.2, 0.25) is 0 Å². The van der Waals surface area contributed by atoms with Gasteiger partial charge in [-0.3, -0.25) is 10.2 Å². The lowest BCUT2D eigenvalue weighted by atomic mass is 9.74. The molecule has 2 N–H and O–H groups in total. The van der Waals surface area contributed by atoms with Gasteiger partial charge in [0.2, 0.25) is 5.91 Å². The summed E-state index contributed by atoms with van der Waals surface area (Å²) in [7, 11) is 0. The van der Waals surface area contributed by atoms with Crippen LogP contribution in [0.3, 0.4) is 0 Å². The molecule has 0 aliphatic heterocycles. The molecular weight excluding hydrogens is 304 g/mol. The van der Waals surface area contributed by atoms with E-state index in [0.29, 0.717) is 11.2 Å². The molecule has 1 atom stereocenters. The molecule has 0 radical (unpaired) electrons. The minimum Gasteiger partial charge on any atom is -0.303 e. The topological polar surface area (TPSA) is 41.1 Å². The largest absolute Gasteiger partial charge is 0.303 e. The molecule has 1 aliphatic rings. The first kappa shape index (κ1) is 17.9. The summed E-state index contributed by atoms with van der Waals surface area (Å²) in [5.74, 6) is 2.10. The highest BCUT2D eigenvalue weighted by Gasteiger charge is 2.26. The molecule has 23 heavy (non-hydrogen) atoms. The van der Waals surface area contributed by atoms with E-state index in [9.17, 15) is 4.79 Å². The van der Waals surface area contributed by atoms with Gasteiger partial charge in [-0.1, -0.05) is 57.2 Å². The van der Waals surface area contributed by atoms with Crippen molar-refractivity contribution in [1.82, 2.24) is 10.9 Å². The van der Waals surface area contributed by atoms with Gasteiger partial charge in [0.25, 0.3) is 0 Å². The first-order valence-corrected chi connectivity index (χ1v) is 9.46. The van der Waals surface area contributed by atoms with Gasteiger partial charge in [0, 0.05) is 11.4 Å². The summed E-state index contributed by atoms with van der Waals surface area (Å²) in [6.45, 7) is 6.90. The van der Waals surface area contributed by atoms with Crippen LogP contribution in [-0.2, 0) is 10.5 Å². The minimum atomic E-state index is 0.0322. The first-order chi connectivity index (χ1) is 10.9. The van der Waals surface area contributed by atoms with Crippen LogP contribution < -0.4 is 10.9 Å². The van der Waals surface area contributed by atoms with Crippen molar-refractivity contribution in [2.24, 2.45) is 11.3 Å². The Morgan fingerprint density at radius 3 is 2.61 bits per heavy atom. The summed E-state index contributed by atoms with van der Waals surface area (Å²) >= 11 is 1.63. The third-order valence-corrected chi connectivity index (χ3v) is 5.35. The number of hydrazine groups is 1. The molecule has 1 aromatic rings. The van der Waals surface area contributed by atoms with Crippen molar-refractivity contribution >= 4 is 17.7 Å². The highest BCUT2D eigenvalue weighted by atomic mass is 32.2. The van der Waals surface area contributed by atoms with Crippen molar-refractivity contribution < 1.29 is 4.79 Å². The molecular formula is C19H28N2OS. The van der Waals surface area contributed by atoms with Crippen LogP contribution in [0.4, 0.5) is 0 Å². The number of hydrogen-bond donors (Lipinski definition) is 2. The lowest BCUT2D eigenvalue weighted by molar-refractivity contribution is -0.119. The molecule has 0 heterocycles. The Labute approximate surface area is 144 Å². The fourth-order valence-electron chi connectivity index (χ4n) is 2.76. The van der Waals surface area contributed by atoms with E-state index >= 15 is 0 Å². The summed E-state index contributed by atoms with van der Waals surface area (Å²) in [5.41, 5.74) is 8.66. The van der Waals surface area contributed by atoms with Crippen molar-refractivity contribution in [3.8, 4) is 0 Å². The van der Waals surface area contributed by atoms with Crippen LogP contribution in [-0.4, -0.2) is 11.7 Å². The summed E-state index contributed by atoms with van der Waals surface area (Å²) in [4.78, 5) is 11.9. The van der Waals surface area contributed by atoms with Crippen molar-refractivity contribution in [1.29, 1.82) is 0 Å². The number of carbonyl (C=O) groups excluding carboxylic acids is 1. The Morgan fingerprint density at radius 1 is 1.26 bits per heavy atom. The minimum absolute atomic E-state index is 0.0322. The molecule has 0 saturated heterocycles. The van der Waals surface area contributed by atoms with Crippen LogP contribution in [0, 0.1) is 11.3 Å². The lowest BCUT2D eigenvalue weighted by Gasteiger charge is -2.33. The Hall–Kier alpha value is -1.42.